The summed E-state index contributed by atoms with van der Waals surface area (Å²) in [5.41, 5.74) is 1.30. The fourth-order valence-electron chi connectivity index (χ4n) is 3.14. The molecule has 1 heterocycles. The fourth-order valence-corrected chi connectivity index (χ4v) is 3.14. The van der Waals surface area contributed by atoms with Gasteiger partial charge in [0.2, 0.25) is 5.91 Å². The highest BCUT2D eigenvalue weighted by Gasteiger charge is 2.45. The van der Waals surface area contributed by atoms with Gasteiger partial charge in [0, 0.05) is 36.3 Å². The summed E-state index contributed by atoms with van der Waals surface area (Å²) >= 11 is 0. The molecule has 1 fully saturated rings. The molecular weight excluding hydrogens is 392 g/mol. The van der Waals surface area contributed by atoms with Crippen LogP contribution in [0.3, 0.4) is 0 Å². The average Bonchev–Trinajstić information content (AvgIpc) is 2.75. The first-order chi connectivity index (χ1) is 14.3. The number of amides is 3. The molecule has 0 bridgehead atoms. The predicted octanol–water partition coefficient (Wildman–Crippen LogP) is 3.09. The van der Waals surface area contributed by atoms with Crippen LogP contribution in [0, 0.1) is 0 Å². The highest BCUT2D eigenvalue weighted by Crippen LogP contribution is 2.29. The van der Waals surface area contributed by atoms with Crippen molar-refractivity contribution in [2.75, 3.05) is 18.4 Å². The molecule has 0 saturated carbocycles. The maximum atomic E-state index is 14.1. The van der Waals surface area contributed by atoms with Gasteiger partial charge in [-0.25, -0.2) is 8.78 Å². The number of hydrogen-bond acceptors (Lipinski definition) is 3. The van der Waals surface area contributed by atoms with Crippen LogP contribution in [-0.4, -0.2) is 47.7 Å². The average molecular weight is 413 g/mol. The van der Waals surface area contributed by atoms with Gasteiger partial charge in [-0.05, 0) is 42.5 Å². The molecule has 0 aliphatic carbocycles. The molecule has 0 spiro atoms. The van der Waals surface area contributed by atoms with E-state index in [1.54, 1.807) is 42.5 Å². The summed E-state index contributed by atoms with van der Waals surface area (Å²) in [6.45, 7) is 2.82. The Morgan fingerprint density at radius 2 is 1.70 bits per heavy atom. The van der Waals surface area contributed by atoms with E-state index in [0.29, 0.717) is 16.8 Å². The first-order valence-corrected chi connectivity index (χ1v) is 9.36. The smallest absolute Gasteiger partial charge is 0.271 e. The van der Waals surface area contributed by atoms with E-state index in [2.05, 4.69) is 17.2 Å². The minimum Gasteiger partial charge on any atom is -0.342 e. The van der Waals surface area contributed by atoms with Crippen molar-refractivity contribution < 1.29 is 23.2 Å². The maximum absolute atomic E-state index is 14.1. The molecule has 8 heteroatoms. The van der Waals surface area contributed by atoms with Gasteiger partial charge >= 0.3 is 0 Å². The summed E-state index contributed by atoms with van der Waals surface area (Å²) in [4.78, 5) is 37.6. The summed E-state index contributed by atoms with van der Waals surface area (Å²) in [5, 5.41) is 4.92. The van der Waals surface area contributed by atoms with Gasteiger partial charge in [0.15, 0.2) is 0 Å². The highest BCUT2D eigenvalue weighted by atomic mass is 19.3. The molecule has 3 rings (SSSR count). The van der Waals surface area contributed by atoms with Crippen molar-refractivity contribution in [2.24, 2.45) is 0 Å². The van der Waals surface area contributed by atoms with Crippen molar-refractivity contribution in [2.45, 2.75) is 18.4 Å². The van der Waals surface area contributed by atoms with E-state index in [9.17, 15) is 23.2 Å². The van der Waals surface area contributed by atoms with Crippen LogP contribution in [0.4, 0.5) is 14.5 Å². The summed E-state index contributed by atoms with van der Waals surface area (Å²) < 4.78 is 28.2. The fraction of sp³-hybridized carbons (Fsp3) is 0.227. The van der Waals surface area contributed by atoms with E-state index in [1.165, 1.54) is 17.0 Å². The molecule has 3 amide bonds. The minimum atomic E-state index is -3.11. The van der Waals surface area contributed by atoms with Gasteiger partial charge in [-0.2, -0.15) is 0 Å². The Labute approximate surface area is 172 Å². The Morgan fingerprint density at radius 3 is 2.33 bits per heavy atom. The molecule has 2 aromatic carbocycles. The number of anilines is 1. The maximum Gasteiger partial charge on any atom is 0.271 e. The second-order valence-corrected chi connectivity index (χ2v) is 6.92. The molecule has 1 aliphatic rings. The molecule has 2 N–H and O–H groups in total. The number of carbonyl (C=O) groups is 3. The third kappa shape index (κ3) is 4.89. The third-order valence-electron chi connectivity index (χ3n) is 4.84. The Hall–Kier alpha value is -3.55. The number of halogens is 2. The Balaban J connectivity index is 1.66. The number of alkyl halides is 2. The molecule has 156 valence electrons. The molecule has 0 aromatic heterocycles. The zero-order chi connectivity index (χ0) is 21.7. The van der Waals surface area contributed by atoms with Crippen LogP contribution in [0.1, 0.15) is 27.1 Å². The molecule has 6 nitrogen and oxygen atoms in total. The molecule has 0 radical (unpaired) electrons. The van der Waals surface area contributed by atoms with Gasteiger partial charge in [-0.1, -0.05) is 24.8 Å². The van der Waals surface area contributed by atoms with Crippen molar-refractivity contribution in [3.05, 3.63) is 78.4 Å². The lowest BCUT2D eigenvalue weighted by Crippen LogP contribution is -2.59. The first-order valence-electron chi connectivity index (χ1n) is 9.36. The summed E-state index contributed by atoms with van der Waals surface area (Å²) in [6, 6.07) is 13.4. The number of rotatable bonds is 5. The van der Waals surface area contributed by atoms with Crippen LogP contribution in [-0.2, 0) is 4.79 Å². The molecule has 1 unspecified atom stereocenters. The van der Waals surface area contributed by atoms with Crippen molar-refractivity contribution >= 4 is 23.4 Å². The van der Waals surface area contributed by atoms with Crippen molar-refractivity contribution in [1.82, 2.24) is 10.2 Å². The normalized spacial score (nSPS) is 17.7. The second-order valence-electron chi connectivity index (χ2n) is 6.92. The Morgan fingerprint density at radius 1 is 1.03 bits per heavy atom. The van der Waals surface area contributed by atoms with Gasteiger partial charge < -0.3 is 15.5 Å². The van der Waals surface area contributed by atoms with Gasteiger partial charge in [0.05, 0.1) is 0 Å². The van der Waals surface area contributed by atoms with Crippen LogP contribution in [0.25, 0.3) is 0 Å². The minimum absolute atomic E-state index is 0.126. The van der Waals surface area contributed by atoms with Crippen LogP contribution < -0.4 is 10.6 Å². The Bertz CT molecular complexity index is 946. The number of likely N-dealkylation sites (tertiary alicyclic amines) is 1. The van der Waals surface area contributed by atoms with Gasteiger partial charge in [-0.15, -0.1) is 0 Å². The third-order valence-corrected chi connectivity index (χ3v) is 4.84. The molecule has 1 saturated heterocycles. The number of carbonyl (C=O) groups excluding carboxylic acids is 3. The van der Waals surface area contributed by atoms with E-state index < -0.39 is 30.2 Å². The molecule has 1 aliphatic heterocycles. The number of nitrogens with zero attached hydrogens (tertiary/aromatic N) is 1. The van der Waals surface area contributed by atoms with Gasteiger partial charge in [0.25, 0.3) is 17.7 Å². The van der Waals surface area contributed by atoms with Gasteiger partial charge in [0.1, 0.15) is 6.04 Å². The zero-order valence-corrected chi connectivity index (χ0v) is 16.1. The summed E-state index contributed by atoms with van der Waals surface area (Å²) in [7, 11) is 0. The van der Waals surface area contributed by atoms with Crippen molar-refractivity contribution in [3.63, 3.8) is 0 Å². The Kier molecular flexibility index (Phi) is 6.25. The summed E-state index contributed by atoms with van der Waals surface area (Å²) in [6.07, 6.45) is 0.366. The monoisotopic (exact) mass is 413 g/mol. The molecule has 1 atom stereocenters. The second kappa shape index (κ2) is 8.86. The number of benzene rings is 2. The van der Waals surface area contributed by atoms with Crippen LogP contribution in [0.2, 0.25) is 0 Å². The molecule has 2 aromatic rings. The lowest BCUT2D eigenvalue weighted by atomic mass is 9.99. The van der Waals surface area contributed by atoms with E-state index in [0.717, 1.165) is 6.08 Å². The number of hydrogen-bond donors (Lipinski definition) is 2. The summed E-state index contributed by atoms with van der Waals surface area (Å²) in [5.74, 6) is -4.54. The lowest BCUT2D eigenvalue weighted by Gasteiger charge is -2.38. The van der Waals surface area contributed by atoms with Crippen LogP contribution in [0.15, 0.2) is 67.3 Å². The topological polar surface area (TPSA) is 78.5 Å². The molecule has 30 heavy (non-hydrogen) atoms. The first kappa shape index (κ1) is 21.2. The van der Waals surface area contributed by atoms with E-state index in [1.807, 2.05) is 0 Å². The number of piperidine rings is 1. The quantitative estimate of drug-likeness (QED) is 0.740. The largest absolute Gasteiger partial charge is 0.342 e. The van der Waals surface area contributed by atoms with Crippen LogP contribution >= 0.6 is 0 Å². The van der Waals surface area contributed by atoms with Crippen molar-refractivity contribution in [3.8, 4) is 0 Å². The lowest BCUT2D eigenvalue weighted by molar-refractivity contribution is -0.124. The standard InChI is InChI=1S/C22H21F2N3O3/c1-2-19(28)26-18-14-27(13-12-22(18,23)24)21(30)16-8-10-17(11-9-16)25-20(29)15-6-4-3-5-7-15/h2-11,18H,1,12-14H2,(H,25,29)(H,26,28). The number of nitrogens with one attached hydrogen (secondary N) is 2. The van der Waals surface area contributed by atoms with Crippen LogP contribution in [0.5, 0.6) is 0 Å². The van der Waals surface area contributed by atoms with E-state index in [-0.39, 0.29) is 19.0 Å². The molecular formula is C22H21F2N3O3. The van der Waals surface area contributed by atoms with Gasteiger partial charge in [-0.3, -0.25) is 14.4 Å². The van der Waals surface area contributed by atoms with Crippen molar-refractivity contribution in [1.29, 1.82) is 0 Å². The van der Waals surface area contributed by atoms with E-state index >= 15 is 0 Å². The van der Waals surface area contributed by atoms with E-state index in [4.69, 9.17) is 0 Å². The zero-order valence-electron chi connectivity index (χ0n) is 16.1. The predicted molar refractivity (Wildman–Crippen MR) is 108 cm³/mol. The SMILES string of the molecule is C=CC(=O)NC1CN(C(=O)c2ccc(NC(=O)c3ccccc3)cc2)CCC1(F)F. The highest BCUT2D eigenvalue weighted by molar-refractivity contribution is 6.04.